The van der Waals surface area contributed by atoms with Crippen LogP contribution >= 0.6 is 12.2 Å². The molecule has 1 aromatic heterocycles. The van der Waals surface area contributed by atoms with E-state index in [0.717, 1.165) is 0 Å². The number of nitrogens with one attached hydrogen (secondary N) is 1. The lowest BCUT2D eigenvalue weighted by Crippen LogP contribution is -2.29. The highest BCUT2D eigenvalue weighted by atomic mass is 32.1. The van der Waals surface area contributed by atoms with Crippen LogP contribution in [0.2, 0.25) is 0 Å². The Labute approximate surface area is 131 Å². The summed E-state index contributed by atoms with van der Waals surface area (Å²) in [6.07, 6.45) is -0.814. The summed E-state index contributed by atoms with van der Waals surface area (Å²) in [4.78, 5) is 26.0. The maximum atomic E-state index is 12.0. The Morgan fingerprint density at radius 3 is 2.95 bits per heavy atom. The number of aliphatic hydroxyl groups is 2. The van der Waals surface area contributed by atoms with Crippen LogP contribution in [0.3, 0.4) is 0 Å². The van der Waals surface area contributed by atoms with E-state index >= 15 is 0 Å². The van der Waals surface area contributed by atoms with E-state index in [2.05, 4.69) is 4.98 Å². The highest BCUT2D eigenvalue weighted by molar-refractivity contribution is 7.71. The van der Waals surface area contributed by atoms with Crippen LogP contribution in [0.25, 0.3) is 0 Å². The number of carbonyl (C=O) groups excluding carboxylic acids is 1. The molecule has 1 saturated heterocycles. The van der Waals surface area contributed by atoms with Gasteiger partial charge < -0.3 is 19.7 Å². The van der Waals surface area contributed by atoms with E-state index in [4.69, 9.17) is 26.8 Å². The van der Waals surface area contributed by atoms with Crippen molar-refractivity contribution in [1.82, 2.24) is 9.55 Å². The first-order chi connectivity index (χ1) is 10.5. The zero-order chi connectivity index (χ0) is 16.3. The normalized spacial score (nSPS) is 24.4. The first-order valence-electron chi connectivity index (χ1n) is 6.90. The van der Waals surface area contributed by atoms with Crippen LogP contribution in [0, 0.1) is 4.64 Å². The number of aromatic nitrogens is 2. The van der Waals surface area contributed by atoms with Gasteiger partial charge >= 0.3 is 11.7 Å². The molecule has 0 radical (unpaired) electrons. The molecule has 3 atom stereocenters. The first-order valence-corrected chi connectivity index (χ1v) is 7.31. The Morgan fingerprint density at radius 2 is 2.36 bits per heavy atom. The highest BCUT2D eigenvalue weighted by Gasteiger charge is 2.35. The minimum absolute atomic E-state index is 0.0673. The van der Waals surface area contributed by atoms with Crippen LogP contribution < -0.4 is 5.69 Å². The SMILES string of the molecule is CCOC(=O)Cc1cn([C@@H]2C[C@@H](O)[C@H](CO)O2)c(=O)[nH]c1=S. The Bertz CT molecular complexity index is 655. The van der Waals surface area contributed by atoms with Crippen LogP contribution in [0.1, 0.15) is 25.1 Å². The van der Waals surface area contributed by atoms with Crippen LogP contribution in [0.15, 0.2) is 11.0 Å². The molecule has 1 aromatic rings. The molecule has 0 aromatic carbocycles. The lowest BCUT2D eigenvalue weighted by molar-refractivity contribution is -0.142. The molecular formula is C13H18N2O6S. The van der Waals surface area contributed by atoms with Crippen molar-refractivity contribution in [2.45, 2.75) is 38.2 Å². The molecule has 0 bridgehead atoms. The fourth-order valence-electron chi connectivity index (χ4n) is 2.28. The van der Waals surface area contributed by atoms with E-state index in [-0.39, 0.29) is 30.7 Å². The van der Waals surface area contributed by atoms with Crippen LogP contribution in [-0.2, 0) is 20.7 Å². The standard InChI is InChI=1S/C13H18N2O6S/c1-2-20-11(18)3-7-5-15(13(19)14-12(7)22)10-4-8(17)9(6-16)21-10/h5,8-10,16-17H,2-4,6H2,1H3,(H,14,19,22)/t8-,9+,10+/m1/s1. The van der Waals surface area contributed by atoms with Gasteiger partial charge in [0, 0.05) is 18.2 Å². The summed E-state index contributed by atoms with van der Waals surface area (Å²) < 4.78 is 11.7. The molecule has 9 heteroatoms. The van der Waals surface area contributed by atoms with E-state index in [1.54, 1.807) is 6.92 Å². The summed E-state index contributed by atoms with van der Waals surface area (Å²) in [5.74, 6) is -0.451. The van der Waals surface area contributed by atoms with Crippen molar-refractivity contribution in [2.75, 3.05) is 13.2 Å². The first kappa shape index (κ1) is 16.8. The van der Waals surface area contributed by atoms with Gasteiger partial charge in [-0.2, -0.15) is 0 Å². The summed E-state index contributed by atoms with van der Waals surface area (Å²) in [6.45, 7) is 1.61. The second-order valence-electron chi connectivity index (χ2n) is 4.92. The maximum absolute atomic E-state index is 12.0. The van der Waals surface area contributed by atoms with E-state index in [9.17, 15) is 14.7 Å². The molecule has 0 aliphatic carbocycles. The molecule has 122 valence electrons. The van der Waals surface area contributed by atoms with Crippen molar-refractivity contribution >= 4 is 18.2 Å². The molecule has 0 amide bonds. The molecule has 22 heavy (non-hydrogen) atoms. The van der Waals surface area contributed by atoms with Gasteiger partial charge in [-0.05, 0) is 6.92 Å². The summed E-state index contributed by atoms with van der Waals surface area (Å²) >= 11 is 5.04. The minimum Gasteiger partial charge on any atom is -0.466 e. The molecule has 8 nitrogen and oxygen atoms in total. The molecule has 2 heterocycles. The Balaban J connectivity index is 2.27. The predicted molar refractivity (Wildman–Crippen MR) is 77.8 cm³/mol. The van der Waals surface area contributed by atoms with Gasteiger partial charge in [-0.25, -0.2) is 4.79 Å². The Hall–Kier alpha value is -1.55. The molecule has 1 aliphatic heterocycles. The average Bonchev–Trinajstić information content (AvgIpc) is 2.83. The van der Waals surface area contributed by atoms with Crippen molar-refractivity contribution in [3.8, 4) is 0 Å². The van der Waals surface area contributed by atoms with Crippen molar-refractivity contribution in [1.29, 1.82) is 0 Å². The average molecular weight is 330 g/mol. The van der Waals surface area contributed by atoms with Crippen LogP contribution in [-0.4, -0.2) is 51.2 Å². The van der Waals surface area contributed by atoms with Crippen molar-refractivity contribution < 1.29 is 24.5 Å². The predicted octanol–water partition coefficient (Wildman–Crippen LogP) is -0.348. The third-order valence-corrected chi connectivity index (χ3v) is 3.74. The van der Waals surface area contributed by atoms with Crippen molar-refractivity contribution in [3.63, 3.8) is 0 Å². The molecule has 3 N–H and O–H groups in total. The van der Waals surface area contributed by atoms with Gasteiger partial charge in [0.25, 0.3) is 0 Å². The monoisotopic (exact) mass is 330 g/mol. The van der Waals surface area contributed by atoms with E-state index in [1.165, 1.54) is 10.8 Å². The van der Waals surface area contributed by atoms with E-state index in [0.29, 0.717) is 5.56 Å². The van der Waals surface area contributed by atoms with Gasteiger partial charge in [-0.3, -0.25) is 14.3 Å². The zero-order valence-corrected chi connectivity index (χ0v) is 12.8. The van der Waals surface area contributed by atoms with Gasteiger partial charge in [0.2, 0.25) is 0 Å². The summed E-state index contributed by atoms with van der Waals surface area (Å²) in [5.41, 5.74) is -0.0769. The second kappa shape index (κ2) is 7.14. The van der Waals surface area contributed by atoms with Crippen molar-refractivity contribution in [2.24, 2.45) is 0 Å². The molecule has 0 saturated carbocycles. The number of rotatable bonds is 5. The number of hydrogen-bond acceptors (Lipinski definition) is 7. The lowest BCUT2D eigenvalue weighted by Gasteiger charge is -2.15. The van der Waals surface area contributed by atoms with Gasteiger partial charge in [0.1, 0.15) is 17.0 Å². The summed E-state index contributed by atoms with van der Waals surface area (Å²) in [7, 11) is 0. The maximum Gasteiger partial charge on any atom is 0.328 e. The number of carbonyl (C=O) groups is 1. The number of aromatic amines is 1. The third-order valence-electron chi connectivity index (χ3n) is 3.38. The van der Waals surface area contributed by atoms with Gasteiger partial charge in [0.05, 0.1) is 25.7 Å². The Kier molecular flexibility index (Phi) is 5.46. The number of H-pyrrole nitrogens is 1. The number of ether oxygens (including phenoxy) is 2. The quantitative estimate of drug-likeness (QED) is 0.499. The smallest absolute Gasteiger partial charge is 0.328 e. The summed E-state index contributed by atoms with van der Waals surface area (Å²) in [6, 6.07) is 0. The number of esters is 1. The van der Waals surface area contributed by atoms with E-state index < -0.39 is 30.1 Å². The fraction of sp³-hybridized carbons (Fsp3) is 0.615. The fourth-order valence-corrected chi connectivity index (χ4v) is 2.50. The Morgan fingerprint density at radius 1 is 1.64 bits per heavy atom. The van der Waals surface area contributed by atoms with Crippen LogP contribution in [0.4, 0.5) is 0 Å². The third kappa shape index (κ3) is 3.61. The molecular weight excluding hydrogens is 312 g/mol. The molecule has 1 aliphatic rings. The van der Waals surface area contributed by atoms with Crippen LogP contribution in [0.5, 0.6) is 0 Å². The van der Waals surface area contributed by atoms with Crippen molar-refractivity contribution in [3.05, 3.63) is 26.9 Å². The van der Waals surface area contributed by atoms with Gasteiger partial charge in [-0.1, -0.05) is 12.2 Å². The number of hydrogen-bond donors (Lipinski definition) is 3. The van der Waals surface area contributed by atoms with E-state index in [1.807, 2.05) is 0 Å². The summed E-state index contributed by atoms with van der Waals surface area (Å²) in [5, 5.41) is 18.8. The lowest BCUT2D eigenvalue weighted by atomic mass is 10.2. The minimum atomic E-state index is -0.862. The molecule has 1 fully saturated rings. The molecule has 2 rings (SSSR count). The highest BCUT2D eigenvalue weighted by Crippen LogP contribution is 2.27. The topological polar surface area (TPSA) is 114 Å². The molecule has 0 spiro atoms. The molecule has 0 unspecified atom stereocenters. The number of nitrogens with zero attached hydrogens (tertiary/aromatic N) is 1. The zero-order valence-electron chi connectivity index (χ0n) is 12.0. The second-order valence-corrected chi connectivity index (χ2v) is 5.33. The van der Waals surface area contributed by atoms with Gasteiger partial charge in [-0.15, -0.1) is 0 Å². The largest absolute Gasteiger partial charge is 0.466 e. The van der Waals surface area contributed by atoms with Gasteiger partial charge in [0.15, 0.2) is 0 Å². The number of aliphatic hydroxyl groups excluding tert-OH is 2.